The fourth-order valence-electron chi connectivity index (χ4n) is 2.26. The highest BCUT2D eigenvalue weighted by Crippen LogP contribution is 2.21. The molecule has 1 unspecified atom stereocenters. The van der Waals surface area contributed by atoms with E-state index in [0.717, 1.165) is 0 Å². The average Bonchev–Trinajstić information content (AvgIpc) is 2.40. The summed E-state index contributed by atoms with van der Waals surface area (Å²) >= 11 is 5.84. The highest BCUT2D eigenvalue weighted by molar-refractivity contribution is 6.30. The molecule has 0 radical (unpaired) electrons. The Morgan fingerprint density at radius 1 is 1.43 bits per heavy atom. The van der Waals surface area contributed by atoms with Crippen LogP contribution < -0.4 is 5.32 Å². The van der Waals surface area contributed by atoms with Crippen molar-refractivity contribution in [2.45, 2.75) is 12.8 Å². The number of carboxylic acid groups (broad SMARTS) is 1. The van der Waals surface area contributed by atoms with Crippen LogP contribution in [0.3, 0.4) is 0 Å². The van der Waals surface area contributed by atoms with E-state index in [1.165, 1.54) is 4.90 Å². The van der Waals surface area contributed by atoms with Crippen LogP contribution >= 0.6 is 11.6 Å². The van der Waals surface area contributed by atoms with E-state index >= 15 is 0 Å². The van der Waals surface area contributed by atoms with E-state index in [1.54, 1.807) is 24.3 Å². The highest BCUT2D eigenvalue weighted by Gasteiger charge is 2.31. The molecule has 1 saturated heterocycles. The molecule has 0 bridgehead atoms. The minimum absolute atomic E-state index is 0.123. The van der Waals surface area contributed by atoms with Gasteiger partial charge in [-0.25, -0.2) is 0 Å². The molecule has 2 N–H and O–H groups in total. The Balaban J connectivity index is 1.99. The quantitative estimate of drug-likeness (QED) is 0.884. The molecular formula is C14H15ClN2O4. The van der Waals surface area contributed by atoms with Crippen LogP contribution in [0, 0.1) is 5.92 Å². The van der Waals surface area contributed by atoms with Crippen LogP contribution in [0.15, 0.2) is 24.3 Å². The number of hydrogen-bond donors (Lipinski definition) is 2. The largest absolute Gasteiger partial charge is 0.480 e. The Hall–Kier alpha value is -2.08. The van der Waals surface area contributed by atoms with Gasteiger partial charge < -0.3 is 15.3 Å². The van der Waals surface area contributed by atoms with Crippen molar-refractivity contribution < 1.29 is 19.5 Å². The fraction of sp³-hybridized carbons (Fsp3) is 0.357. The second-order valence-electron chi connectivity index (χ2n) is 4.90. The van der Waals surface area contributed by atoms with Crippen molar-refractivity contribution in [2.24, 2.45) is 5.92 Å². The molecule has 0 aromatic heterocycles. The third-order valence-electron chi connectivity index (χ3n) is 3.29. The number of amides is 2. The molecule has 0 saturated carbocycles. The normalized spacial score (nSPS) is 18.4. The van der Waals surface area contributed by atoms with Gasteiger partial charge in [-0.2, -0.15) is 0 Å². The molecule has 1 heterocycles. The first-order chi connectivity index (χ1) is 9.95. The number of halogens is 1. The first-order valence-corrected chi connectivity index (χ1v) is 6.89. The Labute approximate surface area is 126 Å². The number of benzene rings is 1. The summed E-state index contributed by atoms with van der Waals surface area (Å²) < 4.78 is 0. The van der Waals surface area contributed by atoms with Crippen LogP contribution in [-0.2, 0) is 14.4 Å². The molecule has 1 atom stereocenters. The molecule has 1 aromatic rings. The molecule has 0 spiro atoms. The van der Waals surface area contributed by atoms with Crippen molar-refractivity contribution in [3.63, 3.8) is 0 Å². The van der Waals surface area contributed by atoms with E-state index in [0.29, 0.717) is 17.1 Å². The molecular weight excluding hydrogens is 296 g/mol. The minimum Gasteiger partial charge on any atom is -0.480 e. The molecule has 1 aliphatic rings. The van der Waals surface area contributed by atoms with Gasteiger partial charge in [0, 0.05) is 23.7 Å². The van der Waals surface area contributed by atoms with Gasteiger partial charge >= 0.3 is 5.97 Å². The Bertz CT molecular complexity index is 576. The maximum Gasteiger partial charge on any atom is 0.323 e. The predicted molar refractivity (Wildman–Crippen MR) is 77.0 cm³/mol. The molecule has 7 heteroatoms. The van der Waals surface area contributed by atoms with Gasteiger partial charge in [0.2, 0.25) is 11.8 Å². The molecule has 0 aliphatic carbocycles. The highest BCUT2D eigenvalue weighted by atomic mass is 35.5. The van der Waals surface area contributed by atoms with Gasteiger partial charge in [-0.1, -0.05) is 17.7 Å². The van der Waals surface area contributed by atoms with Crippen molar-refractivity contribution in [1.82, 2.24) is 4.90 Å². The number of anilines is 1. The summed E-state index contributed by atoms with van der Waals surface area (Å²) in [6.45, 7) is -0.253. The molecule has 112 valence electrons. The summed E-state index contributed by atoms with van der Waals surface area (Å²) in [5.74, 6) is -1.97. The van der Waals surface area contributed by atoms with E-state index in [1.807, 2.05) is 0 Å². The van der Waals surface area contributed by atoms with E-state index < -0.39 is 11.9 Å². The van der Waals surface area contributed by atoms with Crippen molar-refractivity contribution in [3.05, 3.63) is 29.3 Å². The topological polar surface area (TPSA) is 86.7 Å². The monoisotopic (exact) mass is 310 g/mol. The molecule has 6 nitrogen and oxygen atoms in total. The van der Waals surface area contributed by atoms with Gasteiger partial charge in [0.05, 0.1) is 5.92 Å². The molecule has 1 aromatic carbocycles. The lowest BCUT2D eigenvalue weighted by Crippen LogP contribution is -2.46. The maximum absolute atomic E-state index is 12.2. The number of aliphatic carboxylic acids is 1. The van der Waals surface area contributed by atoms with Crippen LogP contribution in [0.4, 0.5) is 5.69 Å². The van der Waals surface area contributed by atoms with Crippen LogP contribution in [0.1, 0.15) is 12.8 Å². The molecule has 21 heavy (non-hydrogen) atoms. The van der Waals surface area contributed by atoms with E-state index in [-0.39, 0.29) is 31.3 Å². The number of carboxylic acids is 1. The van der Waals surface area contributed by atoms with Gasteiger partial charge in [-0.3, -0.25) is 14.4 Å². The van der Waals surface area contributed by atoms with Crippen LogP contribution in [0.5, 0.6) is 0 Å². The maximum atomic E-state index is 12.2. The summed E-state index contributed by atoms with van der Waals surface area (Å²) in [5.41, 5.74) is 0.578. The number of likely N-dealkylation sites (tertiary alicyclic amines) is 1. The number of nitrogens with zero attached hydrogens (tertiary/aromatic N) is 1. The second kappa shape index (κ2) is 6.58. The van der Waals surface area contributed by atoms with Gasteiger partial charge in [0.15, 0.2) is 0 Å². The van der Waals surface area contributed by atoms with Crippen LogP contribution in [0.2, 0.25) is 5.02 Å². The predicted octanol–water partition coefficient (Wildman–Crippen LogP) is 1.60. The second-order valence-corrected chi connectivity index (χ2v) is 5.34. The standard InChI is InChI=1S/C14H15ClN2O4/c15-10-2-1-3-11(6-10)16-14(21)9-4-5-12(18)17(7-9)8-13(19)20/h1-3,6,9H,4-5,7-8H2,(H,16,21)(H,19,20). The van der Waals surface area contributed by atoms with E-state index in [4.69, 9.17) is 16.7 Å². The van der Waals surface area contributed by atoms with Crippen LogP contribution in [0.25, 0.3) is 0 Å². The minimum atomic E-state index is -1.08. The van der Waals surface area contributed by atoms with Crippen molar-refractivity contribution in [1.29, 1.82) is 0 Å². The number of nitrogens with one attached hydrogen (secondary N) is 1. The smallest absolute Gasteiger partial charge is 0.323 e. The van der Waals surface area contributed by atoms with Crippen molar-refractivity contribution >= 4 is 35.1 Å². The Morgan fingerprint density at radius 2 is 2.19 bits per heavy atom. The van der Waals surface area contributed by atoms with Gasteiger partial charge in [0.1, 0.15) is 6.54 Å². The average molecular weight is 311 g/mol. The van der Waals surface area contributed by atoms with Gasteiger partial charge in [-0.05, 0) is 24.6 Å². The van der Waals surface area contributed by atoms with E-state index in [9.17, 15) is 14.4 Å². The van der Waals surface area contributed by atoms with Gasteiger partial charge in [0.25, 0.3) is 0 Å². The SMILES string of the molecule is O=C(O)CN1CC(C(=O)Nc2cccc(Cl)c2)CCC1=O. The number of carbonyl (C=O) groups is 3. The van der Waals surface area contributed by atoms with Gasteiger partial charge in [-0.15, -0.1) is 0 Å². The third kappa shape index (κ3) is 4.19. The van der Waals surface area contributed by atoms with Crippen LogP contribution in [-0.4, -0.2) is 40.9 Å². The summed E-state index contributed by atoms with van der Waals surface area (Å²) in [5, 5.41) is 12.0. The number of carbonyl (C=O) groups excluding carboxylic acids is 2. The van der Waals surface area contributed by atoms with Crippen molar-refractivity contribution in [3.8, 4) is 0 Å². The molecule has 1 fully saturated rings. The number of piperidine rings is 1. The summed E-state index contributed by atoms with van der Waals surface area (Å²) in [7, 11) is 0. The Morgan fingerprint density at radius 3 is 2.86 bits per heavy atom. The summed E-state index contributed by atoms with van der Waals surface area (Å²) in [4.78, 5) is 35.7. The molecule has 1 aliphatic heterocycles. The Kier molecular flexibility index (Phi) is 4.80. The zero-order chi connectivity index (χ0) is 15.4. The fourth-order valence-corrected chi connectivity index (χ4v) is 2.45. The summed E-state index contributed by atoms with van der Waals surface area (Å²) in [6, 6.07) is 6.76. The first kappa shape index (κ1) is 15.3. The third-order valence-corrected chi connectivity index (χ3v) is 3.52. The van der Waals surface area contributed by atoms with Crippen molar-refractivity contribution in [2.75, 3.05) is 18.4 Å². The summed E-state index contributed by atoms with van der Waals surface area (Å²) in [6.07, 6.45) is 0.599. The lowest BCUT2D eigenvalue weighted by molar-refractivity contribution is -0.147. The lowest BCUT2D eigenvalue weighted by atomic mass is 9.96. The lowest BCUT2D eigenvalue weighted by Gasteiger charge is -2.30. The first-order valence-electron chi connectivity index (χ1n) is 6.51. The zero-order valence-electron chi connectivity index (χ0n) is 11.2. The zero-order valence-corrected chi connectivity index (χ0v) is 12.0. The number of hydrogen-bond acceptors (Lipinski definition) is 3. The molecule has 2 rings (SSSR count). The van der Waals surface area contributed by atoms with E-state index in [2.05, 4.69) is 5.32 Å². The molecule has 2 amide bonds. The number of rotatable bonds is 4.